The van der Waals surface area contributed by atoms with Crippen molar-refractivity contribution in [1.29, 1.82) is 0 Å². The van der Waals surface area contributed by atoms with Crippen molar-refractivity contribution in [3.63, 3.8) is 0 Å². The molecule has 0 saturated heterocycles. The highest BCUT2D eigenvalue weighted by molar-refractivity contribution is 7.15. The third-order valence-corrected chi connectivity index (χ3v) is 7.81. The molecule has 0 spiro atoms. The average molecular weight is 494 g/mol. The summed E-state index contributed by atoms with van der Waals surface area (Å²) in [5.41, 5.74) is 3.95. The summed E-state index contributed by atoms with van der Waals surface area (Å²) in [6.07, 6.45) is 4.14. The van der Waals surface area contributed by atoms with Crippen molar-refractivity contribution in [3.8, 4) is 10.4 Å². The highest BCUT2D eigenvalue weighted by Crippen LogP contribution is 2.33. The zero-order chi connectivity index (χ0) is 23.8. The molecule has 0 atom stereocenters. The molecule has 1 aromatic carbocycles. The van der Waals surface area contributed by atoms with Gasteiger partial charge in [0, 0.05) is 31.2 Å². The van der Waals surface area contributed by atoms with Gasteiger partial charge in [0.15, 0.2) is 4.96 Å². The van der Waals surface area contributed by atoms with E-state index in [2.05, 4.69) is 27.4 Å². The van der Waals surface area contributed by atoms with Gasteiger partial charge in [0.25, 0.3) is 11.8 Å². The van der Waals surface area contributed by atoms with Gasteiger partial charge >= 0.3 is 0 Å². The van der Waals surface area contributed by atoms with Crippen LogP contribution in [0.1, 0.15) is 50.1 Å². The number of fused-ring (bicyclic) bond motifs is 1. The van der Waals surface area contributed by atoms with E-state index in [4.69, 9.17) is 0 Å². The Kier molecular flexibility index (Phi) is 6.22. The molecular formula is C25H27N5O2S2. The number of thiazole rings is 2. The van der Waals surface area contributed by atoms with E-state index in [1.165, 1.54) is 16.9 Å². The summed E-state index contributed by atoms with van der Waals surface area (Å²) in [6.45, 7) is 7.33. The van der Waals surface area contributed by atoms with Gasteiger partial charge in [0.1, 0.15) is 11.4 Å². The van der Waals surface area contributed by atoms with Gasteiger partial charge < -0.3 is 10.2 Å². The van der Waals surface area contributed by atoms with Crippen molar-refractivity contribution in [2.75, 3.05) is 19.6 Å². The van der Waals surface area contributed by atoms with Gasteiger partial charge in [-0.3, -0.25) is 14.0 Å². The lowest BCUT2D eigenvalue weighted by Crippen LogP contribution is -2.40. The predicted molar refractivity (Wildman–Crippen MR) is 136 cm³/mol. The Morgan fingerprint density at radius 1 is 1.15 bits per heavy atom. The minimum atomic E-state index is -0.174. The molecule has 7 nitrogen and oxygen atoms in total. The van der Waals surface area contributed by atoms with Crippen LogP contribution in [-0.2, 0) is 0 Å². The van der Waals surface area contributed by atoms with E-state index in [0.717, 1.165) is 33.3 Å². The fraction of sp³-hybridized carbons (Fsp3) is 0.360. The van der Waals surface area contributed by atoms with Gasteiger partial charge in [-0.25, -0.2) is 9.97 Å². The van der Waals surface area contributed by atoms with Crippen LogP contribution in [0.15, 0.2) is 35.8 Å². The number of nitrogens with one attached hydrogen (secondary N) is 1. The Labute approximate surface area is 206 Å². The fourth-order valence-electron chi connectivity index (χ4n) is 4.07. The number of benzene rings is 1. The highest BCUT2D eigenvalue weighted by Gasteiger charge is 2.30. The van der Waals surface area contributed by atoms with E-state index in [0.29, 0.717) is 42.6 Å². The number of aromatic nitrogens is 3. The maximum atomic E-state index is 13.6. The van der Waals surface area contributed by atoms with Crippen LogP contribution in [0.3, 0.4) is 0 Å². The molecule has 0 aliphatic heterocycles. The van der Waals surface area contributed by atoms with Crippen molar-refractivity contribution in [2.45, 2.75) is 33.6 Å². The number of carbonyl (C=O) groups is 2. The molecule has 1 aliphatic carbocycles. The Bertz CT molecular complexity index is 1350. The van der Waals surface area contributed by atoms with Crippen LogP contribution in [0, 0.1) is 26.7 Å². The quantitative estimate of drug-likeness (QED) is 0.385. The average Bonchev–Trinajstić information content (AvgIpc) is 3.22. The van der Waals surface area contributed by atoms with E-state index in [9.17, 15) is 9.59 Å². The molecule has 34 heavy (non-hydrogen) atoms. The number of nitrogens with zero attached hydrogens (tertiary/aromatic N) is 4. The smallest absolute Gasteiger partial charge is 0.274 e. The lowest BCUT2D eigenvalue weighted by molar-refractivity contribution is 0.0736. The van der Waals surface area contributed by atoms with Crippen LogP contribution >= 0.6 is 22.7 Å². The van der Waals surface area contributed by atoms with Gasteiger partial charge in [0.2, 0.25) is 0 Å². The summed E-state index contributed by atoms with van der Waals surface area (Å²) in [6, 6.07) is 8.20. The second-order valence-corrected chi connectivity index (χ2v) is 10.9. The van der Waals surface area contributed by atoms with Crippen molar-refractivity contribution in [3.05, 3.63) is 63.5 Å². The second-order valence-electron chi connectivity index (χ2n) is 8.83. The second kappa shape index (κ2) is 9.31. The number of aryl methyl sites for hydroxylation is 3. The third-order valence-electron chi connectivity index (χ3n) is 6.03. The Morgan fingerprint density at radius 2 is 1.91 bits per heavy atom. The van der Waals surface area contributed by atoms with Crippen LogP contribution in [0.2, 0.25) is 0 Å². The van der Waals surface area contributed by atoms with Gasteiger partial charge in [-0.15, -0.1) is 22.7 Å². The summed E-state index contributed by atoms with van der Waals surface area (Å²) in [7, 11) is 0. The number of hydrogen-bond acceptors (Lipinski definition) is 6. The van der Waals surface area contributed by atoms with Crippen molar-refractivity contribution >= 4 is 39.4 Å². The van der Waals surface area contributed by atoms with Crippen molar-refractivity contribution in [1.82, 2.24) is 24.6 Å². The van der Waals surface area contributed by atoms with Crippen LogP contribution in [0.4, 0.5) is 0 Å². The number of carbonyl (C=O) groups excluding carboxylic acids is 2. The number of hydrogen-bond donors (Lipinski definition) is 1. The van der Waals surface area contributed by atoms with Gasteiger partial charge in [-0.1, -0.05) is 29.8 Å². The molecule has 1 aliphatic rings. The van der Waals surface area contributed by atoms with E-state index < -0.39 is 0 Å². The van der Waals surface area contributed by atoms with Crippen LogP contribution in [0.5, 0.6) is 0 Å². The van der Waals surface area contributed by atoms with Gasteiger partial charge in [-0.05, 0) is 45.1 Å². The van der Waals surface area contributed by atoms with Crippen LogP contribution in [0.25, 0.3) is 15.4 Å². The molecule has 0 unspecified atom stereocenters. The zero-order valence-corrected chi connectivity index (χ0v) is 21.1. The predicted octanol–water partition coefficient (Wildman–Crippen LogP) is 4.73. The van der Waals surface area contributed by atoms with Crippen molar-refractivity contribution < 1.29 is 9.59 Å². The molecule has 9 heteroatoms. The molecular weight excluding hydrogens is 466 g/mol. The number of rotatable bonds is 8. The first-order chi connectivity index (χ1) is 16.4. The first-order valence-corrected chi connectivity index (χ1v) is 13.1. The van der Waals surface area contributed by atoms with E-state index in [1.54, 1.807) is 11.3 Å². The molecule has 1 fully saturated rings. The Hall–Kier alpha value is -3.04. The summed E-state index contributed by atoms with van der Waals surface area (Å²) in [4.78, 5) is 39.1. The lowest BCUT2D eigenvalue weighted by Gasteiger charge is -2.22. The molecule has 3 aromatic heterocycles. The summed E-state index contributed by atoms with van der Waals surface area (Å²) < 4.78 is 1.81. The standard InChI is InChI=1S/C25H27N5O2S2/c1-15-4-8-19(9-5-15)22-20(28-17(3)34-22)24(32)29(14-18-6-7-18)11-10-26-23(31)21-16(2)27-25-30(21)12-13-33-25/h4-5,8-9,12-13,18H,6-7,10-11,14H2,1-3H3,(H,26,31). The van der Waals surface area contributed by atoms with Gasteiger partial charge in [0.05, 0.1) is 15.6 Å². The summed E-state index contributed by atoms with van der Waals surface area (Å²) in [5, 5.41) is 5.77. The molecule has 2 amide bonds. The third kappa shape index (κ3) is 4.63. The van der Waals surface area contributed by atoms with Crippen LogP contribution < -0.4 is 5.32 Å². The molecule has 0 radical (unpaired) electrons. The maximum absolute atomic E-state index is 13.6. The largest absolute Gasteiger partial charge is 0.349 e. The molecule has 5 rings (SSSR count). The van der Waals surface area contributed by atoms with Crippen molar-refractivity contribution in [2.24, 2.45) is 5.92 Å². The Morgan fingerprint density at radius 3 is 2.65 bits per heavy atom. The monoisotopic (exact) mass is 493 g/mol. The lowest BCUT2D eigenvalue weighted by atomic mass is 10.1. The van der Waals surface area contributed by atoms with E-state index >= 15 is 0 Å². The number of imidazole rings is 1. The highest BCUT2D eigenvalue weighted by atomic mass is 32.1. The zero-order valence-electron chi connectivity index (χ0n) is 19.5. The molecule has 1 saturated carbocycles. The minimum absolute atomic E-state index is 0.0677. The maximum Gasteiger partial charge on any atom is 0.274 e. The molecule has 3 heterocycles. The summed E-state index contributed by atoms with van der Waals surface area (Å²) in [5.74, 6) is 0.290. The molecule has 1 N–H and O–H groups in total. The minimum Gasteiger partial charge on any atom is -0.349 e. The fourth-order valence-corrected chi connectivity index (χ4v) is 5.74. The van der Waals surface area contributed by atoms with E-state index in [1.807, 2.05) is 53.8 Å². The molecule has 4 aromatic rings. The molecule has 0 bridgehead atoms. The van der Waals surface area contributed by atoms with E-state index in [-0.39, 0.29) is 11.8 Å². The topological polar surface area (TPSA) is 79.6 Å². The van der Waals surface area contributed by atoms with Crippen LogP contribution in [-0.4, -0.2) is 50.7 Å². The Balaban J connectivity index is 1.32. The number of amides is 2. The normalized spacial score (nSPS) is 13.4. The molecule has 176 valence electrons. The van der Waals surface area contributed by atoms with Gasteiger partial charge in [-0.2, -0.15) is 0 Å². The summed E-state index contributed by atoms with van der Waals surface area (Å²) >= 11 is 3.05. The first-order valence-electron chi connectivity index (χ1n) is 11.4. The SMILES string of the molecule is Cc1ccc(-c2sc(C)nc2C(=O)N(CCNC(=O)c2c(C)nc3sccn23)CC2CC2)cc1. The first kappa shape index (κ1) is 22.7.